The lowest BCUT2D eigenvalue weighted by Gasteiger charge is -2.06. The van der Waals surface area contributed by atoms with Gasteiger partial charge in [-0.25, -0.2) is 13.6 Å². The number of amides is 1. The second-order valence-corrected chi connectivity index (χ2v) is 7.10. The Hall–Kier alpha value is -2.62. The molecule has 0 saturated heterocycles. The summed E-state index contributed by atoms with van der Waals surface area (Å²) < 4.78 is 27.6. The van der Waals surface area contributed by atoms with Crippen LogP contribution in [0.1, 0.15) is 5.56 Å². The highest BCUT2D eigenvalue weighted by molar-refractivity contribution is 7.89. The summed E-state index contributed by atoms with van der Waals surface area (Å²) in [6.45, 7) is 0. The zero-order valence-electron chi connectivity index (χ0n) is 12.9. The van der Waals surface area contributed by atoms with Gasteiger partial charge in [0.25, 0.3) is 5.91 Å². The van der Waals surface area contributed by atoms with Crippen molar-refractivity contribution in [2.45, 2.75) is 4.90 Å². The number of benzene rings is 2. The molecule has 0 atom stereocenters. The van der Waals surface area contributed by atoms with Crippen LogP contribution in [0.25, 0.3) is 0 Å². The summed E-state index contributed by atoms with van der Waals surface area (Å²) in [6, 6.07) is 8.84. The Bertz CT molecular complexity index is 987. The number of carbonyl (C=O) groups excluding carboxylic acids is 1. The van der Waals surface area contributed by atoms with Crippen molar-refractivity contribution in [1.82, 2.24) is 0 Å². The number of primary sulfonamides is 1. The predicted molar refractivity (Wildman–Crippen MR) is 94.6 cm³/mol. The molecular formula is C15H13ClN4O4S. The first-order valence-corrected chi connectivity index (χ1v) is 8.88. The van der Waals surface area contributed by atoms with E-state index in [2.05, 4.69) is 15.8 Å². The smallest absolute Gasteiger partial charge is 0.276 e. The van der Waals surface area contributed by atoms with Crippen LogP contribution >= 0.6 is 11.6 Å². The van der Waals surface area contributed by atoms with Crippen molar-refractivity contribution in [3.05, 3.63) is 47.0 Å². The van der Waals surface area contributed by atoms with Crippen LogP contribution in [-0.4, -0.2) is 27.1 Å². The number of methoxy groups -OCH3 is 1. The number of nitrogens with two attached hydrogens (primary N) is 1. The number of nitrogens with zero attached hydrogens (tertiary/aromatic N) is 1. The van der Waals surface area contributed by atoms with Gasteiger partial charge in [-0.1, -0.05) is 11.6 Å². The minimum Gasteiger partial charge on any atom is -0.495 e. The standard InChI is InChI=1S/C15H13ClN4O4S/c1-24-13-6-10-12(7-11(13)16)18-15(21)14(10)20-19-8-2-4-9(5-3-8)25(17,22)23/h2-7,19H,1H3,(H2,17,22,23)(H,18,20,21). The molecule has 1 aliphatic heterocycles. The Morgan fingerprint density at radius 3 is 2.52 bits per heavy atom. The summed E-state index contributed by atoms with van der Waals surface area (Å²) in [5, 5.41) is 12.2. The van der Waals surface area contributed by atoms with Gasteiger partial charge in [0.1, 0.15) is 5.75 Å². The van der Waals surface area contributed by atoms with Gasteiger partial charge in [-0.05, 0) is 36.4 Å². The number of nitrogens with one attached hydrogen (secondary N) is 2. The summed E-state index contributed by atoms with van der Waals surface area (Å²) in [5.41, 5.74) is 4.42. The maximum absolute atomic E-state index is 12.1. The number of halogens is 1. The van der Waals surface area contributed by atoms with Gasteiger partial charge in [-0.2, -0.15) is 5.10 Å². The molecule has 0 radical (unpaired) electrons. The molecule has 0 unspecified atom stereocenters. The van der Waals surface area contributed by atoms with Gasteiger partial charge in [0.05, 0.1) is 28.4 Å². The Balaban J connectivity index is 1.89. The number of rotatable bonds is 4. The molecule has 4 N–H and O–H groups in total. The Labute approximate surface area is 148 Å². The van der Waals surface area contributed by atoms with Crippen LogP contribution in [0.3, 0.4) is 0 Å². The molecular weight excluding hydrogens is 368 g/mol. The predicted octanol–water partition coefficient (Wildman–Crippen LogP) is 1.76. The van der Waals surface area contributed by atoms with Crippen molar-refractivity contribution < 1.29 is 17.9 Å². The largest absolute Gasteiger partial charge is 0.495 e. The van der Waals surface area contributed by atoms with E-state index in [9.17, 15) is 13.2 Å². The number of hydrazone groups is 1. The van der Waals surface area contributed by atoms with Crippen molar-refractivity contribution in [3.63, 3.8) is 0 Å². The van der Waals surface area contributed by atoms with E-state index in [1.807, 2.05) is 0 Å². The molecule has 0 aromatic heterocycles. The first-order valence-electron chi connectivity index (χ1n) is 6.95. The summed E-state index contributed by atoms with van der Waals surface area (Å²) in [7, 11) is -2.29. The van der Waals surface area contributed by atoms with Gasteiger partial charge < -0.3 is 10.1 Å². The number of hydrogen-bond donors (Lipinski definition) is 3. The molecule has 130 valence electrons. The van der Waals surface area contributed by atoms with Gasteiger partial charge >= 0.3 is 0 Å². The minimum atomic E-state index is -3.76. The fourth-order valence-corrected chi connectivity index (χ4v) is 3.02. The van der Waals surface area contributed by atoms with E-state index in [1.165, 1.54) is 31.4 Å². The number of ether oxygens (including phenoxy) is 1. The molecule has 1 amide bonds. The molecule has 0 aliphatic carbocycles. The van der Waals surface area contributed by atoms with Crippen LogP contribution < -0.4 is 20.6 Å². The highest BCUT2D eigenvalue weighted by Crippen LogP contribution is 2.34. The van der Waals surface area contributed by atoms with Crippen molar-refractivity contribution in [3.8, 4) is 5.75 Å². The van der Waals surface area contributed by atoms with Crippen molar-refractivity contribution >= 4 is 44.6 Å². The quantitative estimate of drug-likeness (QED) is 0.697. The molecule has 2 aromatic rings. The van der Waals surface area contributed by atoms with Crippen LogP contribution in [0.2, 0.25) is 5.02 Å². The monoisotopic (exact) mass is 380 g/mol. The molecule has 8 nitrogen and oxygen atoms in total. The fourth-order valence-electron chi connectivity index (χ4n) is 2.26. The second-order valence-electron chi connectivity index (χ2n) is 5.13. The molecule has 0 bridgehead atoms. The van der Waals surface area contributed by atoms with Crippen LogP contribution in [-0.2, 0) is 14.8 Å². The maximum Gasteiger partial charge on any atom is 0.276 e. The van der Waals surface area contributed by atoms with E-state index in [0.29, 0.717) is 27.7 Å². The topological polar surface area (TPSA) is 123 Å². The molecule has 2 aromatic carbocycles. The zero-order chi connectivity index (χ0) is 18.2. The van der Waals surface area contributed by atoms with Crippen LogP contribution in [0.4, 0.5) is 11.4 Å². The second kappa shape index (κ2) is 6.36. The third-order valence-electron chi connectivity index (χ3n) is 3.49. The van der Waals surface area contributed by atoms with Gasteiger partial charge in [-0.15, -0.1) is 0 Å². The van der Waals surface area contributed by atoms with Gasteiger partial charge in [0, 0.05) is 5.56 Å². The number of sulfonamides is 1. The first-order chi connectivity index (χ1) is 11.8. The Morgan fingerprint density at radius 1 is 1.24 bits per heavy atom. The Kier molecular flexibility index (Phi) is 4.38. The number of anilines is 2. The van der Waals surface area contributed by atoms with E-state index in [-0.39, 0.29) is 10.6 Å². The molecule has 25 heavy (non-hydrogen) atoms. The minimum absolute atomic E-state index is 0.0194. The lowest BCUT2D eigenvalue weighted by atomic mass is 10.1. The molecule has 10 heteroatoms. The van der Waals surface area contributed by atoms with Crippen LogP contribution in [0.5, 0.6) is 5.75 Å². The van der Waals surface area contributed by atoms with Gasteiger partial charge in [-0.3, -0.25) is 10.2 Å². The summed E-state index contributed by atoms with van der Waals surface area (Å²) in [6.07, 6.45) is 0. The average molecular weight is 381 g/mol. The molecule has 0 spiro atoms. The number of carbonyl (C=O) groups is 1. The molecule has 0 saturated carbocycles. The maximum atomic E-state index is 12.1. The van der Waals surface area contributed by atoms with E-state index >= 15 is 0 Å². The number of hydrogen-bond acceptors (Lipinski definition) is 6. The van der Waals surface area contributed by atoms with E-state index in [0.717, 1.165) is 0 Å². The fraction of sp³-hybridized carbons (Fsp3) is 0.0667. The molecule has 3 rings (SSSR count). The normalized spacial score (nSPS) is 15.0. The zero-order valence-corrected chi connectivity index (χ0v) is 14.5. The van der Waals surface area contributed by atoms with Crippen LogP contribution in [0.15, 0.2) is 46.4 Å². The van der Waals surface area contributed by atoms with Crippen molar-refractivity contribution in [2.24, 2.45) is 10.2 Å². The van der Waals surface area contributed by atoms with Crippen molar-refractivity contribution in [2.75, 3.05) is 17.9 Å². The van der Waals surface area contributed by atoms with E-state index in [4.69, 9.17) is 21.5 Å². The van der Waals surface area contributed by atoms with Crippen LogP contribution in [0, 0.1) is 0 Å². The third-order valence-corrected chi connectivity index (χ3v) is 4.71. The van der Waals surface area contributed by atoms with E-state index < -0.39 is 15.9 Å². The number of fused-ring (bicyclic) bond motifs is 1. The third kappa shape index (κ3) is 3.43. The summed E-state index contributed by atoms with van der Waals surface area (Å²) >= 11 is 6.04. The van der Waals surface area contributed by atoms with Gasteiger partial charge in [0.2, 0.25) is 10.0 Å². The first kappa shape index (κ1) is 17.2. The molecule has 1 heterocycles. The molecule has 0 fully saturated rings. The SMILES string of the molecule is COc1cc2c(cc1Cl)NC(=O)C2=NNc1ccc(S(N)(=O)=O)cc1. The van der Waals surface area contributed by atoms with E-state index in [1.54, 1.807) is 12.1 Å². The van der Waals surface area contributed by atoms with Crippen molar-refractivity contribution in [1.29, 1.82) is 0 Å². The highest BCUT2D eigenvalue weighted by Gasteiger charge is 2.28. The average Bonchev–Trinajstić information content (AvgIpc) is 2.85. The lowest BCUT2D eigenvalue weighted by molar-refractivity contribution is -0.110. The molecule has 1 aliphatic rings. The van der Waals surface area contributed by atoms with Gasteiger partial charge in [0.15, 0.2) is 5.71 Å². The summed E-state index contributed by atoms with van der Waals surface area (Å²) in [5.74, 6) is 0.0232. The summed E-state index contributed by atoms with van der Waals surface area (Å²) in [4.78, 5) is 12.1. The highest BCUT2D eigenvalue weighted by atomic mass is 35.5. The Morgan fingerprint density at radius 2 is 1.92 bits per heavy atom. The lowest BCUT2D eigenvalue weighted by Crippen LogP contribution is -2.16.